The molecule has 13 heteroatoms. The van der Waals surface area contributed by atoms with Crippen LogP contribution < -0.4 is 10.6 Å². The fourth-order valence-electron chi connectivity index (χ4n) is 18.6. The highest BCUT2D eigenvalue weighted by atomic mass is 16.5. The van der Waals surface area contributed by atoms with Crippen LogP contribution in [0.3, 0.4) is 0 Å². The van der Waals surface area contributed by atoms with Crippen molar-refractivity contribution in [2.75, 3.05) is 55.1 Å². The van der Waals surface area contributed by atoms with Crippen LogP contribution in [-0.2, 0) is 28.7 Å². The molecule has 6 fully saturated rings. The summed E-state index contributed by atoms with van der Waals surface area (Å²) in [6, 6.07) is -1.90. The molecule has 3 unspecified atom stereocenters. The normalized spacial score (nSPS) is 36.0. The summed E-state index contributed by atoms with van der Waals surface area (Å²) in [6.45, 7) is 32.4. The number of fused-ring (bicyclic) bond motifs is 7. The number of nitrogens with one attached hydrogen (secondary N) is 2. The molecule has 1 heterocycles. The highest BCUT2D eigenvalue weighted by Crippen LogP contribution is 2.77. The average molecular weight is 1050 g/mol. The maximum Gasteiger partial charge on any atom is 0.245 e. The van der Waals surface area contributed by atoms with E-state index in [1.54, 1.807) is 26.2 Å². The lowest BCUT2D eigenvalue weighted by atomic mass is 9.32. The molecule has 0 spiro atoms. The van der Waals surface area contributed by atoms with E-state index in [1.165, 1.54) is 31.3 Å². The number of nitrogens with zero attached hydrogens (tertiary/aromatic N) is 3. The largest absolute Gasteiger partial charge is 0.396 e. The lowest BCUT2D eigenvalue weighted by molar-refractivity contribution is -0.249. The van der Waals surface area contributed by atoms with Crippen LogP contribution in [0.1, 0.15) is 179 Å². The average Bonchev–Trinajstić information content (AvgIpc) is 4.00. The van der Waals surface area contributed by atoms with Crippen LogP contribution in [0, 0.1) is 80.3 Å². The fourth-order valence-corrected chi connectivity index (χ4v) is 18.6. The minimum Gasteiger partial charge on any atom is -0.396 e. The lowest BCUT2D eigenvalue weighted by Crippen LogP contribution is -2.66. The lowest BCUT2D eigenvalue weighted by Gasteiger charge is -2.73. The molecule has 4 amide bonds. The van der Waals surface area contributed by atoms with Gasteiger partial charge in [-0.15, -0.1) is 0 Å². The minimum atomic E-state index is -0.758. The van der Waals surface area contributed by atoms with Gasteiger partial charge in [0.05, 0.1) is 48.8 Å². The Kier molecular flexibility index (Phi) is 19.7. The Morgan fingerprint density at radius 1 is 0.800 bits per heavy atom. The highest BCUT2D eigenvalue weighted by molar-refractivity contribution is 5.90. The summed E-state index contributed by atoms with van der Waals surface area (Å²) in [4.78, 5) is 62.2. The Balaban J connectivity index is 1.09. The molecular weight excluding hydrogens is 943 g/mol. The second kappa shape index (κ2) is 24.0. The maximum atomic E-state index is 14.5. The molecule has 75 heavy (non-hydrogen) atoms. The van der Waals surface area contributed by atoms with E-state index in [0.717, 1.165) is 51.4 Å². The number of rotatable bonds is 22. The molecule has 6 aliphatic rings. The molecule has 5 saturated carbocycles. The topological polar surface area (TPSA) is 161 Å². The van der Waals surface area contributed by atoms with Gasteiger partial charge in [-0.05, 0) is 172 Å². The number of methoxy groups -OCH3 is 2. The molecule has 18 atom stereocenters. The molecule has 0 aromatic heterocycles. The van der Waals surface area contributed by atoms with Gasteiger partial charge in [-0.2, -0.15) is 0 Å². The van der Waals surface area contributed by atoms with E-state index in [1.807, 2.05) is 58.5 Å². The van der Waals surface area contributed by atoms with E-state index in [0.29, 0.717) is 55.5 Å². The molecular formula is C62H109N5O8. The number of amides is 4. The first-order chi connectivity index (χ1) is 35.1. The van der Waals surface area contributed by atoms with Crippen molar-refractivity contribution >= 4 is 23.6 Å². The van der Waals surface area contributed by atoms with Gasteiger partial charge in [-0.25, -0.2) is 0 Å². The zero-order valence-electron chi connectivity index (χ0n) is 50.4. The summed E-state index contributed by atoms with van der Waals surface area (Å²) < 4.78 is 12.3. The van der Waals surface area contributed by atoms with Crippen LogP contribution in [0.2, 0.25) is 0 Å². The molecule has 0 bridgehead atoms. The van der Waals surface area contributed by atoms with Gasteiger partial charge in [0.2, 0.25) is 23.6 Å². The first-order valence-electron chi connectivity index (χ1n) is 29.9. The molecule has 13 nitrogen and oxygen atoms in total. The first kappa shape index (κ1) is 61.6. The molecule has 5 aliphatic carbocycles. The van der Waals surface area contributed by atoms with E-state index >= 15 is 0 Å². The minimum absolute atomic E-state index is 0.0153. The summed E-state index contributed by atoms with van der Waals surface area (Å²) in [5, 5.41) is 28.9. The third kappa shape index (κ3) is 11.2. The van der Waals surface area contributed by atoms with Crippen LogP contribution >= 0.6 is 0 Å². The number of hydrogen-bond donors (Lipinski definition) is 4. The van der Waals surface area contributed by atoms with E-state index in [9.17, 15) is 29.4 Å². The summed E-state index contributed by atoms with van der Waals surface area (Å²) in [5.41, 5.74) is 1.59. The van der Waals surface area contributed by atoms with E-state index in [4.69, 9.17) is 16.1 Å². The van der Waals surface area contributed by atoms with Crippen molar-refractivity contribution < 1.29 is 38.9 Å². The molecule has 1 saturated heterocycles. The molecule has 0 aromatic carbocycles. The van der Waals surface area contributed by atoms with Crippen molar-refractivity contribution in [2.24, 2.45) is 80.3 Å². The molecule has 0 aromatic rings. The van der Waals surface area contributed by atoms with Gasteiger partial charge in [-0.3, -0.25) is 24.1 Å². The van der Waals surface area contributed by atoms with Crippen LogP contribution in [0.5, 0.6) is 0 Å². The summed E-state index contributed by atoms with van der Waals surface area (Å²) in [6.07, 6.45) is 12.7. The second-order valence-corrected chi connectivity index (χ2v) is 27.9. The number of likely N-dealkylation sites (tertiary alicyclic amines) is 1. The number of aliphatic hydroxyl groups excluding tert-OH is 2. The summed E-state index contributed by atoms with van der Waals surface area (Å²) >= 11 is 0. The van der Waals surface area contributed by atoms with Gasteiger partial charge >= 0.3 is 0 Å². The van der Waals surface area contributed by atoms with E-state index in [2.05, 4.69) is 59.1 Å². The summed E-state index contributed by atoms with van der Waals surface area (Å²) in [5.74, 6) is 1.04. The molecule has 6 rings (SSSR count). The monoisotopic (exact) mass is 1050 g/mol. The third-order valence-electron chi connectivity index (χ3n) is 23.1. The van der Waals surface area contributed by atoms with Crippen LogP contribution in [0.4, 0.5) is 0 Å². The number of hydrogen-bond acceptors (Lipinski definition) is 9. The number of aliphatic hydroxyl groups is 2. The van der Waals surface area contributed by atoms with Crippen molar-refractivity contribution in [1.29, 1.82) is 0 Å². The predicted molar refractivity (Wildman–Crippen MR) is 299 cm³/mol. The van der Waals surface area contributed by atoms with Crippen molar-refractivity contribution in [3.05, 3.63) is 12.2 Å². The molecule has 0 radical (unpaired) electrons. The second-order valence-electron chi connectivity index (χ2n) is 27.9. The van der Waals surface area contributed by atoms with Gasteiger partial charge in [0.15, 0.2) is 0 Å². The van der Waals surface area contributed by atoms with Crippen LogP contribution in [-0.4, -0.2) is 146 Å². The van der Waals surface area contributed by atoms with Crippen LogP contribution in [0.25, 0.3) is 0 Å². The third-order valence-corrected chi connectivity index (χ3v) is 23.1. The van der Waals surface area contributed by atoms with E-state index in [-0.39, 0.29) is 93.6 Å². The Bertz CT molecular complexity index is 2000. The van der Waals surface area contributed by atoms with Crippen molar-refractivity contribution in [1.82, 2.24) is 25.3 Å². The Morgan fingerprint density at radius 2 is 1.48 bits per heavy atom. The smallest absolute Gasteiger partial charge is 0.245 e. The molecule has 430 valence electrons. The zero-order chi connectivity index (χ0) is 55.9. The number of carbonyl (C=O) groups excluding carboxylic acids is 4. The SMILES string of the molecule is C=C(CCNC(=O)[C@H](C)[C@@H](OC)C1CCCN1C(=O)C[C@@H](OC)[C@H]([C@@H](C)CC)N(C)C(=O)[C@@H](NC(=O)[C@H](C(C)C)N(C)C)C(C)C)[C@@H]1CC[C@]2(CO)CC[C@]3(C)C(CCC4[C@@]5(C)CC[C@H](O)C(C)(C)[C@@H]5CC[C@]43C)[C@@H]12. The van der Waals surface area contributed by atoms with Gasteiger partial charge < -0.3 is 40.1 Å². The Labute approximate surface area is 455 Å². The van der Waals surface area contributed by atoms with Gasteiger partial charge in [0.1, 0.15) is 6.04 Å². The van der Waals surface area contributed by atoms with E-state index < -0.39 is 36.3 Å². The van der Waals surface area contributed by atoms with Gasteiger partial charge in [0.25, 0.3) is 0 Å². The van der Waals surface area contributed by atoms with Crippen molar-refractivity contribution in [3.8, 4) is 0 Å². The van der Waals surface area contributed by atoms with Crippen molar-refractivity contribution in [3.63, 3.8) is 0 Å². The maximum absolute atomic E-state index is 14.5. The number of carbonyl (C=O) groups is 4. The molecule has 1 aliphatic heterocycles. The Hall–Kier alpha value is -2.58. The highest BCUT2D eigenvalue weighted by Gasteiger charge is 2.71. The Morgan fingerprint density at radius 3 is 2.07 bits per heavy atom. The number of ether oxygens (including phenoxy) is 2. The fraction of sp³-hybridized carbons (Fsp3) is 0.903. The first-order valence-corrected chi connectivity index (χ1v) is 29.9. The summed E-state index contributed by atoms with van der Waals surface area (Å²) in [7, 11) is 8.74. The molecule has 4 N–H and O–H groups in total. The van der Waals surface area contributed by atoms with Crippen LogP contribution in [0.15, 0.2) is 12.2 Å². The standard InChI is InChI=1S/C62H109N5O8/c1-19-39(6)53(66(16)57(73)51(37(2)3)64-56(72)52(38(4)5)65(14)15)45(74-17)35-49(70)67-34-20-21-44(67)54(75-18)41(8)55(71)63-33-27-40(7)42-24-30-62(36-68)32-31-60(12)43(50(42)62)22-23-47-59(11)28-26-48(69)58(9,10)46(59)25-29-61(47,60)13/h37-39,41-48,50-54,68-69H,7,19-36H2,1-6,8-18H3,(H,63,71)(H,64,72)/t39-,41+,42-,43?,44?,45+,46-,47?,48-,50+,51-,52-,53-,54+,59-,60+,61+,62+/m0/s1. The predicted octanol–water partition coefficient (Wildman–Crippen LogP) is 9.13. The number of likely N-dealkylation sites (N-methyl/N-ethyl adjacent to an activating group) is 2. The van der Waals surface area contributed by atoms with Gasteiger partial charge in [0, 0.05) is 41.0 Å². The zero-order valence-corrected chi connectivity index (χ0v) is 50.4. The van der Waals surface area contributed by atoms with Crippen molar-refractivity contribution in [2.45, 2.75) is 222 Å². The van der Waals surface area contributed by atoms with Gasteiger partial charge in [-0.1, -0.05) is 102 Å². The quantitative estimate of drug-likeness (QED) is 0.0776.